The van der Waals surface area contributed by atoms with Gasteiger partial charge in [0.05, 0.1) is 6.20 Å². The van der Waals surface area contributed by atoms with Crippen molar-refractivity contribution in [2.75, 3.05) is 0 Å². The van der Waals surface area contributed by atoms with Crippen molar-refractivity contribution in [3.8, 4) is 0 Å². The molecule has 0 aliphatic carbocycles. The van der Waals surface area contributed by atoms with Gasteiger partial charge in [-0.1, -0.05) is 29.8 Å². The molecule has 0 amide bonds. The van der Waals surface area contributed by atoms with Crippen LogP contribution in [0, 0.1) is 6.92 Å². The number of rotatable bonds is 6. The van der Waals surface area contributed by atoms with Gasteiger partial charge in [0.25, 0.3) is 0 Å². The standard InChI is InChI=1S/C16H20N2O/c1-3-18-12-15(11-17-18)10-16(19)9-8-14-6-4-13(2)5-7-14/h4-7,11-12H,3,8-10H2,1-2H3. The summed E-state index contributed by atoms with van der Waals surface area (Å²) in [6.45, 7) is 4.95. The number of hydrogen-bond acceptors (Lipinski definition) is 2. The molecule has 0 bridgehead atoms. The molecule has 3 heteroatoms. The van der Waals surface area contributed by atoms with Crippen LogP contribution in [-0.4, -0.2) is 15.6 Å². The number of carbonyl (C=O) groups is 1. The average Bonchev–Trinajstić information content (AvgIpc) is 2.86. The molecule has 0 unspecified atom stereocenters. The van der Waals surface area contributed by atoms with E-state index in [-0.39, 0.29) is 5.78 Å². The van der Waals surface area contributed by atoms with Crippen LogP contribution in [0.25, 0.3) is 0 Å². The molecule has 2 rings (SSSR count). The van der Waals surface area contributed by atoms with Crippen molar-refractivity contribution in [1.29, 1.82) is 0 Å². The summed E-state index contributed by atoms with van der Waals surface area (Å²) in [5.74, 6) is 0.274. The van der Waals surface area contributed by atoms with E-state index in [0.717, 1.165) is 18.5 Å². The minimum absolute atomic E-state index is 0.274. The quantitative estimate of drug-likeness (QED) is 0.796. The Kier molecular flexibility index (Phi) is 4.50. The van der Waals surface area contributed by atoms with Gasteiger partial charge in [-0.15, -0.1) is 0 Å². The van der Waals surface area contributed by atoms with Gasteiger partial charge < -0.3 is 0 Å². The maximum atomic E-state index is 11.9. The highest BCUT2D eigenvalue weighted by atomic mass is 16.1. The molecule has 0 radical (unpaired) electrons. The number of aromatic nitrogens is 2. The first kappa shape index (κ1) is 13.5. The Bertz CT molecular complexity index is 540. The van der Waals surface area contributed by atoms with E-state index in [4.69, 9.17) is 0 Å². The molecule has 0 atom stereocenters. The van der Waals surface area contributed by atoms with E-state index in [1.54, 1.807) is 6.20 Å². The first-order valence-electron chi connectivity index (χ1n) is 6.76. The lowest BCUT2D eigenvalue weighted by Gasteiger charge is -2.01. The van der Waals surface area contributed by atoms with Crippen LogP contribution in [0.5, 0.6) is 0 Å². The zero-order valence-electron chi connectivity index (χ0n) is 11.6. The van der Waals surface area contributed by atoms with Gasteiger partial charge in [-0.3, -0.25) is 9.48 Å². The average molecular weight is 256 g/mol. The van der Waals surface area contributed by atoms with Crippen LogP contribution in [0.15, 0.2) is 36.7 Å². The van der Waals surface area contributed by atoms with Gasteiger partial charge in [0, 0.05) is 25.6 Å². The third kappa shape index (κ3) is 4.05. The monoisotopic (exact) mass is 256 g/mol. The van der Waals surface area contributed by atoms with Gasteiger partial charge in [0.2, 0.25) is 0 Å². The van der Waals surface area contributed by atoms with Crippen LogP contribution in [0.4, 0.5) is 0 Å². The molecular weight excluding hydrogens is 236 g/mol. The van der Waals surface area contributed by atoms with Crippen LogP contribution >= 0.6 is 0 Å². The van der Waals surface area contributed by atoms with Gasteiger partial charge >= 0.3 is 0 Å². The molecule has 3 nitrogen and oxygen atoms in total. The molecule has 19 heavy (non-hydrogen) atoms. The lowest BCUT2D eigenvalue weighted by Crippen LogP contribution is -2.04. The summed E-state index contributed by atoms with van der Waals surface area (Å²) < 4.78 is 1.85. The number of carbonyl (C=O) groups excluding carboxylic acids is 1. The number of hydrogen-bond donors (Lipinski definition) is 0. The summed E-state index contributed by atoms with van der Waals surface area (Å²) in [5, 5.41) is 4.18. The second-order valence-electron chi connectivity index (χ2n) is 4.91. The largest absolute Gasteiger partial charge is 0.299 e. The first-order chi connectivity index (χ1) is 9.17. The molecule has 100 valence electrons. The Morgan fingerprint density at radius 1 is 1.21 bits per heavy atom. The smallest absolute Gasteiger partial charge is 0.137 e. The van der Waals surface area contributed by atoms with E-state index in [1.165, 1.54) is 11.1 Å². The molecule has 1 aromatic carbocycles. The number of aryl methyl sites for hydroxylation is 3. The van der Waals surface area contributed by atoms with Gasteiger partial charge in [-0.2, -0.15) is 5.10 Å². The summed E-state index contributed by atoms with van der Waals surface area (Å²) in [4.78, 5) is 11.9. The summed E-state index contributed by atoms with van der Waals surface area (Å²) in [6, 6.07) is 8.37. The zero-order chi connectivity index (χ0) is 13.7. The van der Waals surface area contributed by atoms with E-state index in [0.29, 0.717) is 12.8 Å². The fourth-order valence-electron chi connectivity index (χ4n) is 2.03. The maximum absolute atomic E-state index is 11.9. The van der Waals surface area contributed by atoms with Crippen molar-refractivity contribution in [3.63, 3.8) is 0 Å². The highest BCUT2D eigenvalue weighted by Gasteiger charge is 2.06. The fourth-order valence-corrected chi connectivity index (χ4v) is 2.03. The molecule has 0 saturated heterocycles. The maximum Gasteiger partial charge on any atom is 0.137 e. The Hall–Kier alpha value is -1.90. The third-order valence-electron chi connectivity index (χ3n) is 3.23. The third-order valence-corrected chi connectivity index (χ3v) is 3.23. The molecule has 1 heterocycles. The van der Waals surface area contributed by atoms with Gasteiger partial charge in [0.1, 0.15) is 5.78 Å². The Morgan fingerprint density at radius 2 is 1.95 bits per heavy atom. The SMILES string of the molecule is CCn1cc(CC(=O)CCc2ccc(C)cc2)cn1. The predicted octanol–water partition coefficient (Wildman–Crippen LogP) is 2.96. The first-order valence-corrected chi connectivity index (χ1v) is 6.76. The van der Waals surface area contributed by atoms with E-state index in [9.17, 15) is 4.79 Å². The van der Waals surface area contributed by atoms with E-state index >= 15 is 0 Å². The van der Waals surface area contributed by atoms with E-state index < -0.39 is 0 Å². The normalized spacial score (nSPS) is 10.6. The van der Waals surface area contributed by atoms with Crippen LogP contribution in [0.2, 0.25) is 0 Å². The molecule has 0 saturated carbocycles. The highest BCUT2D eigenvalue weighted by molar-refractivity contribution is 5.80. The number of ketones is 1. The topological polar surface area (TPSA) is 34.9 Å². The van der Waals surface area contributed by atoms with Crippen molar-refractivity contribution in [2.45, 2.75) is 39.7 Å². The molecule has 1 aromatic heterocycles. The van der Waals surface area contributed by atoms with Gasteiger partial charge in [0.15, 0.2) is 0 Å². The molecule has 0 N–H and O–H groups in total. The number of nitrogens with zero attached hydrogens (tertiary/aromatic N) is 2. The second kappa shape index (κ2) is 6.32. The molecule has 0 spiro atoms. The predicted molar refractivity (Wildman–Crippen MR) is 76.1 cm³/mol. The zero-order valence-corrected chi connectivity index (χ0v) is 11.6. The summed E-state index contributed by atoms with van der Waals surface area (Å²) in [6.07, 6.45) is 5.64. The van der Waals surface area contributed by atoms with Crippen LogP contribution in [0.3, 0.4) is 0 Å². The van der Waals surface area contributed by atoms with E-state index in [2.05, 4.69) is 36.3 Å². The van der Waals surface area contributed by atoms with Crippen molar-refractivity contribution < 1.29 is 4.79 Å². The Balaban J connectivity index is 1.82. The lowest BCUT2D eigenvalue weighted by atomic mass is 10.0. The summed E-state index contributed by atoms with van der Waals surface area (Å²) in [7, 11) is 0. The van der Waals surface area contributed by atoms with Crippen molar-refractivity contribution in [1.82, 2.24) is 9.78 Å². The molecule has 0 aliphatic heterocycles. The highest BCUT2D eigenvalue weighted by Crippen LogP contribution is 2.08. The summed E-state index contributed by atoms with van der Waals surface area (Å²) >= 11 is 0. The minimum Gasteiger partial charge on any atom is -0.299 e. The van der Waals surface area contributed by atoms with Crippen LogP contribution in [0.1, 0.15) is 30.0 Å². The fraction of sp³-hybridized carbons (Fsp3) is 0.375. The van der Waals surface area contributed by atoms with Gasteiger partial charge in [-0.05, 0) is 31.4 Å². The molecule has 0 fully saturated rings. The van der Waals surface area contributed by atoms with Crippen molar-refractivity contribution >= 4 is 5.78 Å². The van der Waals surface area contributed by atoms with Gasteiger partial charge in [-0.25, -0.2) is 0 Å². The molecular formula is C16H20N2O. The molecule has 2 aromatic rings. The number of Topliss-reactive ketones (excluding diaryl/α,β-unsaturated/α-hetero) is 1. The lowest BCUT2D eigenvalue weighted by molar-refractivity contribution is -0.118. The van der Waals surface area contributed by atoms with Crippen LogP contribution < -0.4 is 0 Å². The Labute approximate surface area is 114 Å². The minimum atomic E-state index is 0.274. The number of benzene rings is 1. The Morgan fingerprint density at radius 3 is 2.58 bits per heavy atom. The van der Waals surface area contributed by atoms with Crippen molar-refractivity contribution in [3.05, 3.63) is 53.3 Å². The summed E-state index contributed by atoms with van der Waals surface area (Å²) in [5.41, 5.74) is 3.49. The van der Waals surface area contributed by atoms with Crippen LogP contribution in [-0.2, 0) is 24.2 Å². The molecule has 0 aliphatic rings. The van der Waals surface area contributed by atoms with Crippen molar-refractivity contribution in [2.24, 2.45) is 0 Å². The van der Waals surface area contributed by atoms with E-state index in [1.807, 2.05) is 17.8 Å². The second-order valence-corrected chi connectivity index (χ2v) is 4.91.